The largest absolute Gasteiger partial charge is 0.458 e. The predicted octanol–water partition coefficient (Wildman–Crippen LogP) is 5.05. The number of fused-ring (bicyclic) bond motifs is 4. The number of esters is 1. The van der Waals surface area contributed by atoms with E-state index in [1.54, 1.807) is 47.7 Å². The van der Waals surface area contributed by atoms with Gasteiger partial charge in [0.15, 0.2) is 17.7 Å². The van der Waals surface area contributed by atoms with Gasteiger partial charge in [0.1, 0.15) is 35.6 Å². The fourth-order valence-corrected chi connectivity index (χ4v) is 10.5. The van der Waals surface area contributed by atoms with Gasteiger partial charge in [0.2, 0.25) is 0 Å². The summed E-state index contributed by atoms with van der Waals surface area (Å²) in [5.41, 5.74) is -2.07. The number of hydrogen-bond acceptors (Lipinski definition) is 15. The van der Waals surface area contributed by atoms with E-state index in [1.165, 1.54) is 23.2 Å². The van der Waals surface area contributed by atoms with Gasteiger partial charge in [-0.25, -0.2) is 9.59 Å². The van der Waals surface area contributed by atoms with E-state index in [2.05, 4.69) is 10.3 Å². The minimum absolute atomic E-state index is 0.131. The Balaban J connectivity index is 1.47. The van der Waals surface area contributed by atoms with Gasteiger partial charge in [0.05, 0.1) is 48.1 Å². The molecule has 61 heavy (non-hydrogen) atoms. The summed E-state index contributed by atoms with van der Waals surface area (Å²) < 4.78 is 31.4. The summed E-state index contributed by atoms with van der Waals surface area (Å²) in [4.78, 5) is 86.1. The summed E-state index contributed by atoms with van der Waals surface area (Å²) in [6.07, 6.45) is -4.56. The second kappa shape index (κ2) is 18.6. The molecule has 2 aromatic rings. The van der Waals surface area contributed by atoms with Gasteiger partial charge in [-0.3, -0.25) is 29.3 Å². The standard InChI is InChI=1S/C44H61N5O11S/c1-11-33-44(8)37-25(4)34(50)23(2)19-43(7,38(26(5)35(51)27(6)39(53)57-33)58-40-36(52)31(48(9)10)18-24(3)56-40)59-41(54)47-20-28(22-49(37)42(55)60-44)46-21-29-15-16-32(61-29)30-14-12-13-17-45-30/h12-17,23-27,31,33,36-38,40,52H,11,18-22H2,1-10H3,(H,47,54)/t23-,24-,25+,26+,27-,31+,33-,36-,37+,38-,40+,43-,44-/m1/s1. The Hall–Kier alpha value is -4.29. The summed E-state index contributed by atoms with van der Waals surface area (Å²) in [6, 6.07) is 8.23. The lowest BCUT2D eigenvalue weighted by molar-refractivity contribution is -0.292. The number of alkyl carbamates (subject to hydrolysis) is 1. The minimum Gasteiger partial charge on any atom is -0.458 e. The molecule has 2 N–H and O–H groups in total. The average molecular weight is 868 g/mol. The number of ether oxygens (including phenoxy) is 5. The summed E-state index contributed by atoms with van der Waals surface area (Å²) >= 11 is 1.51. The lowest BCUT2D eigenvalue weighted by atomic mass is 9.73. The van der Waals surface area contributed by atoms with Gasteiger partial charge >= 0.3 is 18.2 Å². The molecule has 0 aromatic carbocycles. The van der Waals surface area contributed by atoms with Crippen LogP contribution >= 0.6 is 11.3 Å². The lowest BCUT2D eigenvalue weighted by Crippen LogP contribution is -2.60. The zero-order chi connectivity index (χ0) is 44.6. The molecular formula is C44H61N5O11S. The topological polar surface area (TPSA) is 195 Å². The molecule has 4 aliphatic heterocycles. The highest BCUT2D eigenvalue weighted by atomic mass is 32.1. The average Bonchev–Trinajstić information content (AvgIpc) is 3.80. The van der Waals surface area contributed by atoms with Crippen molar-refractivity contribution in [2.75, 3.05) is 27.2 Å². The molecule has 0 saturated carbocycles. The number of carbonyl (C=O) groups is 5. The van der Waals surface area contributed by atoms with Crippen molar-refractivity contribution < 1.29 is 52.8 Å². The van der Waals surface area contributed by atoms with Crippen LogP contribution in [0.4, 0.5) is 9.59 Å². The Kier molecular flexibility index (Phi) is 14.1. The number of ketones is 2. The fourth-order valence-electron chi connectivity index (χ4n) is 9.62. The van der Waals surface area contributed by atoms with Crippen LogP contribution in [-0.2, 0) is 44.6 Å². The maximum absolute atomic E-state index is 14.9. The van der Waals surface area contributed by atoms with Crippen LogP contribution in [0.25, 0.3) is 10.6 Å². The van der Waals surface area contributed by atoms with Crippen LogP contribution < -0.4 is 5.32 Å². The molecule has 0 aliphatic carbocycles. The van der Waals surface area contributed by atoms with E-state index in [4.69, 9.17) is 28.7 Å². The van der Waals surface area contributed by atoms with Gasteiger partial charge in [0, 0.05) is 34.9 Å². The first-order valence-electron chi connectivity index (χ1n) is 21.2. The van der Waals surface area contributed by atoms with Crippen LogP contribution in [0.3, 0.4) is 0 Å². The van der Waals surface area contributed by atoms with E-state index >= 15 is 0 Å². The van der Waals surface area contributed by atoms with E-state index < -0.39 is 89.5 Å². The van der Waals surface area contributed by atoms with Crippen molar-refractivity contribution in [3.63, 3.8) is 0 Å². The fraction of sp³-hybridized carbons (Fsp3) is 0.659. The molecule has 6 heterocycles. The molecule has 0 radical (unpaired) electrons. The molecule has 6 rings (SSSR count). The van der Waals surface area contributed by atoms with Crippen LogP contribution in [0.15, 0.2) is 41.5 Å². The Morgan fingerprint density at radius 1 is 1.02 bits per heavy atom. The number of aliphatic hydroxyl groups is 1. The van der Waals surface area contributed by atoms with E-state index in [-0.39, 0.29) is 50.4 Å². The van der Waals surface area contributed by atoms with Gasteiger partial charge in [0.25, 0.3) is 0 Å². The number of rotatable bonds is 7. The zero-order valence-electron chi connectivity index (χ0n) is 36.8. The molecule has 0 spiro atoms. The van der Waals surface area contributed by atoms with Crippen LogP contribution in [0, 0.1) is 23.7 Å². The highest BCUT2D eigenvalue weighted by Gasteiger charge is 2.61. The summed E-state index contributed by atoms with van der Waals surface area (Å²) in [6.45, 7) is 13.2. The highest BCUT2D eigenvalue weighted by molar-refractivity contribution is 7.15. The smallest absolute Gasteiger partial charge is 0.411 e. The highest BCUT2D eigenvalue weighted by Crippen LogP contribution is 2.43. The molecule has 2 bridgehead atoms. The van der Waals surface area contributed by atoms with Crippen LogP contribution in [-0.4, -0.2) is 137 Å². The second-order valence-electron chi connectivity index (χ2n) is 17.7. The molecule has 0 unspecified atom stereocenters. The first kappa shape index (κ1) is 46.2. The van der Waals surface area contributed by atoms with E-state index in [0.717, 1.165) is 15.4 Å². The monoisotopic (exact) mass is 867 g/mol. The summed E-state index contributed by atoms with van der Waals surface area (Å²) in [5.74, 6) is -5.95. The van der Waals surface area contributed by atoms with E-state index in [9.17, 15) is 29.1 Å². The summed E-state index contributed by atoms with van der Waals surface area (Å²) in [7, 11) is 3.66. The minimum atomic E-state index is -1.74. The van der Waals surface area contributed by atoms with Crippen molar-refractivity contribution >= 4 is 46.8 Å². The number of likely N-dealkylation sites (N-methyl/N-ethyl adjacent to an activating group) is 1. The maximum Gasteiger partial charge on any atom is 0.411 e. The number of nitrogens with zero attached hydrogens (tertiary/aromatic N) is 4. The second-order valence-corrected chi connectivity index (χ2v) is 18.9. The van der Waals surface area contributed by atoms with Crippen LogP contribution in [0.2, 0.25) is 0 Å². The number of aliphatic imine (C=N–C) groups is 1. The molecule has 334 valence electrons. The number of aromatic nitrogens is 1. The van der Waals surface area contributed by atoms with Crippen LogP contribution in [0.5, 0.6) is 0 Å². The third kappa shape index (κ3) is 9.55. The molecule has 13 atom stereocenters. The number of nitrogens with one attached hydrogen (secondary N) is 1. The molecule has 17 heteroatoms. The predicted molar refractivity (Wildman–Crippen MR) is 226 cm³/mol. The number of carbonyl (C=O) groups excluding carboxylic acids is 5. The number of Topliss-reactive ketones (excluding diaryl/α,β-unsaturated/α-hetero) is 2. The Morgan fingerprint density at radius 2 is 1.75 bits per heavy atom. The molecule has 4 fully saturated rings. The number of thiophene rings is 1. The lowest BCUT2D eigenvalue weighted by Gasteiger charge is -2.47. The molecule has 2 aromatic heterocycles. The number of aliphatic hydroxyl groups excluding tert-OH is 1. The number of amides is 2. The number of hydrogen-bond donors (Lipinski definition) is 2. The van der Waals surface area contributed by atoms with Gasteiger partial charge in [-0.15, -0.1) is 11.3 Å². The van der Waals surface area contributed by atoms with Gasteiger partial charge < -0.3 is 39.0 Å². The third-order valence-electron chi connectivity index (χ3n) is 12.8. The normalized spacial score (nSPS) is 37.4. The van der Waals surface area contributed by atoms with Crippen molar-refractivity contribution in [1.29, 1.82) is 0 Å². The Labute approximate surface area is 361 Å². The molecule has 4 saturated heterocycles. The molecule has 4 aliphatic rings. The number of cyclic esters (lactones) is 1. The maximum atomic E-state index is 14.9. The van der Waals surface area contributed by atoms with E-state index in [1.807, 2.05) is 56.3 Å². The van der Waals surface area contributed by atoms with Gasteiger partial charge in [-0.05, 0) is 85.3 Å². The summed E-state index contributed by atoms with van der Waals surface area (Å²) in [5, 5.41) is 14.4. The van der Waals surface area contributed by atoms with Crippen LogP contribution in [0.1, 0.15) is 79.5 Å². The first-order valence-corrected chi connectivity index (χ1v) is 22.0. The van der Waals surface area contributed by atoms with Gasteiger partial charge in [-0.2, -0.15) is 0 Å². The van der Waals surface area contributed by atoms with E-state index in [0.29, 0.717) is 12.1 Å². The molecular weight excluding hydrogens is 807 g/mol. The van der Waals surface area contributed by atoms with Gasteiger partial charge in [-0.1, -0.05) is 33.8 Å². The SMILES string of the molecule is CC[C@H]1OC(=O)[C@H](C)C(=O)[C@H](C)[C@@H](O[C@@H]2O[C@H](C)C[C@H](N(C)C)[C@H]2O)[C@@]2(C)C[C@@H](C)C(=O)[C@H](C)[C@@H]3N(CC(=NCc4ccc(-c5ccccn5)s4)CNC(=O)O2)C(=O)O[C@@]31C. The van der Waals surface area contributed by atoms with Crippen molar-refractivity contribution in [3.05, 3.63) is 41.4 Å². The Morgan fingerprint density at radius 3 is 2.43 bits per heavy atom. The molecule has 2 amide bonds. The Bertz CT molecular complexity index is 1980. The molecule has 16 nitrogen and oxygen atoms in total. The quantitative estimate of drug-likeness (QED) is 0.214. The van der Waals surface area contributed by atoms with Crippen molar-refractivity contribution in [1.82, 2.24) is 20.1 Å². The first-order chi connectivity index (χ1) is 28.8. The number of pyridine rings is 1. The zero-order valence-corrected chi connectivity index (χ0v) is 37.6. The van der Waals surface area contributed by atoms with Crippen molar-refractivity contribution in [3.8, 4) is 10.6 Å². The third-order valence-corrected chi connectivity index (χ3v) is 13.9. The van der Waals surface area contributed by atoms with Crippen molar-refractivity contribution in [2.24, 2.45) is 28.7 Å². The van der Waals surface area contributed by atoms with Crippen molar-refractivity contribution in [2.45, 2.75) is 135 Å².